The van der Waals surface area contributed by atoms with Gasteiger partial charge >= 0.3 is 0 Å². The van der Waals surface area contributed by atoms with E-state index in [0.29, 0.717) is 10.7 Å². The number of pyridine rings is 1. The molecule has 0 radical (unpaired) electrons. The van der Waals surface area contributed by atoms with Crippen LogP contribution in [0.1, 0.15) is 29.4 Å². The van der Waals surface area contributed by atoms with Crippen LogP contribution in [0.5, 0.6) is 0 Å². The third-order valence-electron chi connectivity index (χ3n) is 4.27. The fourth-order valence-electron chi connectivity index (χ4n) is 2.73. The Morgan fingerprint density at radius 1 is 1.35 bits per heavy atom. The van der Waals surface area contributed by atoms with Crippen molar-refractivity contribution < 1.29 is 9.59 Å². The van der Waals surface area contributed by atoms with Gasteiger partial charge in [-0.25, -0.2) is 4.99 Å². The van der Waals surface area contributed by atoms with E-state index < -0.39 is 5.54 Å². The summed E-state index contributed by atoms with van der Waals surface area (Å²) in [5.41, 5.74) is 6.62. The summed E-state index contributed by atoms with van der Waals surface area (Å²) in [6.45, 7) is 1.84. The van der Waals surface area contributed by atoms with Gasteiger partial charge in [-0.1, -0.05) is 23.7 Å². The van der Waals surface area contributed by atoms with Crippen LogP contribution in [0.4, 0.5) is 5.69 Å². The minimum absolute atomic E-state index is 0.113. The van der Waals surface area contributed by atoms with E-state index in [9.17, 15) is 9.59 Å². The highest BCUT2D eigenvalue weighted by Crippen LogP contribution is 2.34. The van der Waals surface area contributed by atoms with Crippen LogP contribution in [-0.2, 0) is 10.3 Å². The van der Waals surface area contributed by atoms with E-state index in [0.717, 1.165) is 5.56 Å². The number of nitrogens with one attached hydrogen (secondary N) is 1. The highest BCUT2D eigenvalue weighted by atomic mass is 35.5. The smallest absolute Gasteiger partial charge is 0.274 e. The quantitative estimate of drug-likeness (QED) is 0.864. The standard InChI is InChI=1S/C18H18ClN5O2/c1-18(10-15(25)24(2)17(20)23-18)11-4-3-5-13(8-11)22-16(26)14-9-12(19)6-7-21-14/h3-9H,10H2,1-2H3,(H2,20,23)(H,22,26)/t18-/m0/s1. The maximum absolute atomic E-state index is 12.3. The van der Waals surface area contributed by atoms with Gasteiger partial charge in [-0.15, -0.1) is 0 Å². The van der Waals surface area contributed by atoms with Gasteiger partial charge in [0.2, 0.25) is 5.91 Å². The van der Waals surface area contributed by atoms with Crippen molar-refractivity contribution in [3.05, 3.63) is 58.9 Å². The number of amides is 2. The number of rotatable bonds is 3. The molecule has 2 aromatic rings. The molecule has 0 fully saturated rings. The number of aliphatic imine (C=N–C) groups is 1. The number of halogens is 1. The number of nitrogens with two attached hydrogens (primary N) is 1. The van der Waals surface area contributed by atoms with Gasteiger partial charge in [-0.3, -0.25) is 19.5 Å². The second kappa shape index (κ2) is 6.76. The van der Waals surface area contributed by atoms with Gasteiger partial charge in [0.15, 0.2) is 5.96 Å². The molecule has 1 aliphatic rings. The first-order valence-corrected chi connectivity index (χ1v) is 8.32. The molecule has 0 saturated heterocycles. The molecule has 2 heterocycles. The number of nitrogens with zero attached hydrogens (tertiary/aromatic N) is 3. The number of anilines is 1. The fraction of sp³-hybridized carbons (Fsp3) is 0.222. The Hall–Kier alpha value is -2.93. The molecule has 3 rings (SSSR count). The molecule has 0 unspecified atom stereocenters. The molecule has 2 amide bonds. The first-order chi connectivity index (χ1) is 12.3. The molecule has 1 aliphatic heterocycles. The molecule has 0 saturated carbocycles. The van der Waals surface area contributed by atoms with Crippen molar-refractivity contribution in [2.75, 3.05) is 12.4 Å². The second-order valence-electron chi connectivity index (χ2n) is 6.27. The first-order valence-electron chi connectivity index (χ1n) is 7.94. The third-order valence-corrected chi connectivity index (χ3v) is 4.51. The molecular formula is C18H18ClN5O2. The lowest BCUT2D eigenvalue weighted by Gasteiger charge is -2.33. The number of carbonyl (C=O) groups excluding carboxylic acids is 2. The van der Waals surface area contributed by atoms with Crippen LogP contribution < -0.4 is 11.1 Å². The van der Waals surface area contributed by atoms with Crippen LogP contribution in [0.2, 0.25) is 5.02 Å². The molecule has 0 aliphatic carbocycles. The Balaban J connectivity index is 1.87. The number of carbonyl (C=O) groups is 2. The molecular weight excluding hydrogens is 354 g/mol. The van der Waals surface area contributed by atoms with Crippen molar-refractivity contribution in [1.82, 2.24) is 9.88 Å². The SMILES string of the molecule is CN1C(=O)C[C@@](C)(c2cccc(NC(=O)c3cc(Cl)ccn3)c2)N=C1N. The van der Waals surface area contributed by atoms with Crippen molar-refractivity contribution >= 4 is 35.1 Å². The molecule has 3 N–H and O–H groups in total. The lowest BCUT2D eigenvalue weighted by atomic mass is 9.87. The van der Waals surface area contributed by atoms with E-state index in [1.165, 1.54) is 17.2 Å². The van der Waals surface area contributed by atoms with Crippen molar-refractivity contribution in [2.45, 2.75) is 18.9 Å². The van der Waals surface area contributed by atoms with Crippen molar-refractivity contribution in [3.8, 4) is 0 Å². The monoisotopic (exact) mass is 371 g/mol. The van der Waals surface area contributed by atoms with E-state index in [2.05, 4.69) is 15.3 Å². The maximum atomic E-state index is 12.3. The van der Waals surface area contributed by atoms with Crippen molar-refractivity contribution in [1.29, 1.82) is 0 Å². The fourth-order valence-corrected chi connectivity index (χ4v) is 2.89. The van der Waals surface area contributed by atoms with Crippen LogP contribution in [0.3, 0.4) is 0 Å². The molecule has 1 aromatic carbocycles. The summed E-state index contributed by atoms with van der Waals surface area (Å²) in [6, 6.07) is 10.2. The Morgan fingerprint density at radius 3 is 2.81 bits per heavy atom. The van der Waals surface area contributed by atoms with Crippen LogP contribution in [0.15, 0.2) is 47.6 Å². The normalized spacial score (nSPS) is 19.9. The van der Waals surface area contributed by atoms with Gasteiger partial charge in [-0.05, 0) is 36.8 Å². The zero-order valence-corrected chi connectivity index (χ0v) is 15.1. The van der Waals surface area contributed by atoms with Gasteiger partial charge in [-0.2, -0.15) is 0 Å². The average molecular weight is 372 g/mol. The summed E-state index contributed by atoms with van der Waals surface area (Å²) < 4.78 is 0. The minimum atomic E-state index is -0.789. The van der Waals surface area contributed by atoms with Gasteiger partial charge in [0.25, 0.3) is 5.91 Å². The third kappa shape index (κ3) is 3.52. The predicted octanol–water partition coefficient (Wildman–Crippen LogP) is 2.38. The van der Waals surface area contributed by atoms with Crippen molar-refractivity contribution in [3.63, 3.8) is 0 Å². The lowest BCUT2D eigenvalue weighted by Crippen LogP contribution is -2.47. The van der Waals surface area contributed by atoms with Crippen molar-refractivity contribution in [2.24, 2.45) is 10.7 Å². The molecule has 0 bridgehead atoms. The summed E-state index contributed by atoms with van der Waals surface area (Å²) in [6.07, 6.45) is 1.66. The largest absolute Gasteiger partial charge is 0.369 e. The second-order valence-corrected chi connectivity index (χ2v) is 6.70. The zero-order chi connectivity index (χ0) is 18.9. The summed E-state index contributed by atoms with van der Waals surface area (Å²) in [4.78, 5) is 34.3. The van der Waals surface area contributed by atoms with Gasteiger partial charge in [0.05, 0.1) is 12.0 Å². The molecule has 8 heteroatoms. The Kier molecular flexibility index (Phi) is 4.65. The first kappa shape index (κ1) is 17.9. The van der Waals surface area contributed by atoms with E-state index in [1.54, 1.807) is 31.3 Å². The predicted molar refractivity (Wildman–Crippen MR) is 100 cm³/mol. The summed E-state index contributed by atoms with van der Waals surface area (Å²) in [5.74, 6) is -0.323. The Labute approximate surface area is 155 Å². The van der Waals surface area contributed by atoms with Gasteiger partial charge < -0.3 is 11.1 Å². The summed E-state index contributed by atoms with van der Waals surface area (Å²) in [5, 5.41) is 3.21. The van der Waals surface area contributed by atoms with Gasteiger partial charge in [0.1, 0.15) is 5.69 Å². The van der Waals surface area contributed by atoms with E-state index in [4.69, 9.17) is 17.3 Å². The Morgan fingerprint density at radius 2 is 2.12 bits per heavy atom. The molecule has 0 spiro atoms. The van der Waals surface area contributed by atoms with E-state index in [-0.39, 0.29) is 29.9 Å². The molecule has 26 heavy (non-hydrogen) atoms. The number of aromatic nitrogens is 1. The van der Waals surface area contributed by atoms with E-state index >= 15 is 0 Å². The van der Waals surface area contributed by atoms with Gasteiger partial charge in [0, 0.05) is 24.0 Å². The molecule has 7 nitrogen and oxygen atoms in total. The van der Waals surface area contributed by atoms with E-state index in [1.807, 2.05) is 13.0 Å². The number of hydrogen-bond donors (Lipinski definition) is 2. The van der Waals surface area contributed by atoms with Crippen LogP contribution >= 0.6 is 11.6 Å². The highest BCUT2D eigenvalue weighted by molar-refractivity contribution is 6.30. The Bertz CT molecular complexity index is 914. The average Bonchev–Trinajstić information content (AvgIpc) is 2.60. The van der Waals surface area contributed by atoms with Crippen LogP contribution in [0.25, 0.3) is 0 Å². The van der Waals surface area contributed by atoms with Crippen LogP contribution in [0, 0.1) is 0 Å². The number of guanidine groups is 1. The highest BCUT2D eigenvalue weighted by Gasteiger charge is 2.36. The summed E-state index contributed by atoms with van der Waals surface area (Å²) in [7, 11) is 1.59. The number of hydrogen-bond acceptors (Lipinski definition) is 5. The summed E-state index contributed by atoms with van der Waals surface area (Å²) >= 11 is 5.89. The maximum Gasteiger partial charge on any atom is 0.274 e. The van der Waals surface area contributed by atoms with Crippen LogP contribution in [-0.4, -0.2) is 34.7 Å². The molecule has 134 valence electrons. The number of benzene rings is 1. The molecule has 1 atom stereocenters. The zero-order valence-electron chi connectivity index (χ0n) is 14.4. The molecule has 1 aromatic heterocycles. The lowest BCUT2D eigenvalue weighted by molar-refractivity contribution is -0.128. The minimum Gasteiger partial charge on any atom is -0.369 e. The topological polar surface area (TPSA) is 101 Å².